The molecule has 0 radical (unpaired) electrons. The molecule has 0 bridgehead atoms. The first kappa shape index (κ1) is 21.1. The van der Waals surface area contributed by atoms with Gasteiger partial charge in [-0.25, -0.2) is 4.79 Å². The van der Waals surface area contributed by atoms with Gasteiger partial charge in [0, 0.05) is 11.6 Å². The van der Waals surface area contributed by atoms with E-state index in [9.17, 15) is 19.2 Å². The van der Waals surface area contributed by atoms with Crippen LogP contribution < -0.4 is 28.0 Å². The zero-order valence-corrected chi connectivity index (χ0v) is 17.2. The van der Waals surface area contributed by atoms with Gasteiger partial charge in [-0.1, -0.05) is 42.5 Å². The Labute approximate surface area is 182 Å². The maximum absolute atomic E-state index is 12.5. The molecular formula is C23H23N5O4. The maximum atomic E-state index is 12.5. The summed E-state index contributed by atoms with van der Waals surface area (Å²) >= 11 is 0. The second kappa shape index (κ2) is 8.54. The van der Waals surface area contributed by atoms with E-state index in [4.69, 9.17) is 11.5 Å². The fourth-order valence-electron chi connectivity index (χ4n) is 4.23. The molecule has 1 aliphatic carbocycles. The van der Waals surface area contributed by atoms with Gasteiger partial charge >= 0.3 is 5.69 Å². The number of H-pyrrole nitrogens is 2. The molecule has 2 aromatic carbocycles. The van der Waals surface area contributed by atoms with Crippen molar-refractivity contribution in [2.24, 2.45) is 5.73 Å². The second-order valence-electron chi connectivity index (χ2n) is 7.91. The van der Waals surface area contributed by atoms with Gasteiger partial charge in [0.1, 0.15) is 11.4 Å². The number of rotatable bonds is 5. The number of benzene rings is 2. The number of amides is 2. The van der Waals surface area contributed by atoms with Crippen molar-refractivity contribution in [3.8, 4) is 11.1 Å². The molecule has 9 nitrogen and oxygen atoms in total. The van der Waals surface area contributed by atoms with Crippen LogP contribution in [-0.4, -0.2) is 27.8 Å². The number of aromatic amines is 2. The molecule has 7 N–H and O–H groups in total. The summed E-state index contributed by atoms with van der Waals surface area (Å²) in [6, 6.07) is 15.1. The van der Waals surface area contributed by atoms with E-state index < -0.39 is 23.1 Å². The summed E-state index contributed by atoms with van der Waals surface area (Å²) < 4.78 is 0. The number of nitrogens with one attached hydrogen (secondary N) is 3. The summed E-state index contributed by atoms with van der Waals surface area (Å²) in [5.74, 6) is -0.799. The molecule has 9 heteroatoms. The van der Waals surface area contributed by atoms with Crippen LogP contribution in [0.5, 0.6) is 0 Å². The lowest BCUT2D eigenvalue weighted by molar-refractivity contribution is 0.0932. The van der Waals surface area contributed by atoms with E-state index in [1.54, 1.807) is 12.1 Å². The summed E-state index contributed by atoms with van der Waals surface area (Å²) in [4.78, 5) is 51.6. The lowest BCUT2D eigenvalue weighted by atomic mass is 9.93. The molecule has 164 valence electrons. The molecule has 2 amide bonds. The van der Waals surface area contributed by atoms with Gasteiger partial charge < -0.3 is 21.8 Å². The van der Waals surface area contributed by atoms with Crippen molar-refractivity contribution in [1.29, 1.82) is 0 Å². The molecule has 3 aromatic rings. The van der Waals surface area contributed by atoms with Crippen LogP contribution in [0.3, 0.4) is 0 Å². The van der Waals surface area contributed by atoms with Crippen molar-refractivity contribution >= 4 is 17.5 Å². The second-order valence-corrected chi connectivity index (χ2v) is 7.91. The monoisotopic (exact) mass is 433 g/mol. The molecule has 4 rings (SSSR count). The van der Waals surface area contributed by atoms with Gasteiger partial charge in [0.25, 0.3) is 11.5 Å². The largest absolute Gasteiger partial charge is 0.392 e. The van der Waals surface area contributed by atoms with Crippen molar-refractivity contribution in [2.45, 2.75) is 31.2 Å². The predicted octanol–water partition coefficient (Wildman–Crippen LogP) is 1.48. The normalized spacial score (nSPS) is 17.8. The van der Waals surface area contributed by atoms with Gasteiger partial charge in [-0.3, -0.25) is 19.4 Å². The van der Waals surface area contributed by atoms with Crippen LogP contribution in [0.4, 0.5) is 5.69 Å². The summed E-state index contributed by atoms with van der Waals surface area (Å²) in [5.41, 5.74) is 12.3. The number of primary amides is 1. The maximum Gasteiger partial charge on any atom is 0.326 e. The van der Waals surface area contributed by atoms with E-state index in [1.807, 2.05) is 41.4 Å². The lowest BCUT2D eigenvalue weighted by Crippen LogP contribution is -2.37. The van der Waals surface area contributed by atoms with E-state index >= 15 is 0 Å². The average Bonchev–Trinajstić information content (AvgIpc) is 3.24. The molecule has 1 fully saturated rings. The van der Waals surface area contributed by atoms with Crippen LogP contribution in [-0.2, 0) is 0 Å². The molecule has 2 atom stereocenters. The Morgan fingerprint density at radius 3 is 2.41 bits per heavy atom. The highest BCUT2D eigenvalue weighted by Crippen LogP contribution is 2.35. The average molecular weight is 433 g/mol. The fraction of sp³-hybridized carbons (Fsp3) is 0.217. The Hall–Kier alpha value is -4.14. The molecule has 1 aromatic heterocycles. The molecule has 0 unspecified atom stereocenters. The third-order valence-corrected chi connectivity index (χ3v) is 5.86. The van der Waals surface area contributed by atoms with E-state index in [0.29, 0.717) is 5.56 Å². The smallest absolute Gasteiger partial charge is 0.326 e. The zero-order valence-electron chi connectivity index (χ0n) is 17.2. The number of nitrogen functional groups attached to an aromatic ring is 1. The molecular weight excluding hydrogens is 410 g/mol. The topological polar surface area (TPSA) is 164 Å². The Morgan fingerprint density at radius 1 is 0.969 bits per heavy atom. The van der Waals surface area contributed by atoms with Gasteiger partial charge in [-0.15, -0.1) is 0 Å². The third-order valence-electron chi connectivity index (χ3n) is 5.86. The molecule has 0 saturated heterocycles. The number of carbonyl (C=O) groups is 2. The molecule has 32 heavy (non-hydrogen) atoms. The van der Waals surface area contributed by atoms with Crippen molar-refractivity contribution in [3.63, 3.8) is 0 Å². The first-order valence-corrected chi connectivity index (χ1v) is 10.3. The Kier molecular flexibility index (Phi) is 5.63. The van der Waals surface area contributed by atoms with Gasteiger partial charge in [0.15, 0.2) is 0 Å². The van der Waals surface area contributed by atoms with Crippen LogP contribution in [0.25, 0.3) is 11.1 Å². The number of nitrogens with two attached hydrogens (primary N) is 2. The minimum Gasteiger partial charge on any atom is -0.392 e. The highest BCUT2D eigenvalue weighted by Gasteiger charge is 2.28. The van der Waals surface area contributed by atoms with E-state index in [1.165, 1.54) is 0 Å². The van der Waals surface area contributed by atoms with Gasteiger partial charge in [0.2, 0.25) is 5.91 Å². The number of anilines is 1. The highest BCUT2D eigenvalue weighted by atomic mass is 16.2. The van der Waals surface area contributed by atoms with Crippen molar-refractivity contribution in [2.75, 3.05) is 5.73 Å². The summed E-state index contributed by atoms with van der Waals surface area (Å²) in [5, 5.41) is 2.85. The van der Waals surface area contributed by atoms with Crippen LogP contribution in [0, 0.1) is 0 Å². The molecule has 0 aliphatic heterocycles. The molecule has 1 saturated carbocycles. The SMILES string of the molecule is NC(=O)c1ccccc1-c1ccc([C@@H]2CC[C@H](NC(=O)c3[nH]c(=O)[nH]c(=O)c3N)C2)cc1. The van der Waals surface area contributed by atoms with E-state index in [0.717, 1.165) is 36.0 Å². The van der Waals surface area contributed by atoms with Crippen LogP contribution in [0.15, 0.2) is 58.1 Å². The fourth-order valence-corrected chi connectivity index (χ4v) is 4.23. The first-order valence-electron chi connectivity index (χ1n) is 10.3. The summed E-state index contributed by atoms with van der Waals surface area (Å²) in [6.45, 7) is 0. The van der Waals surface area contributed by atoms with Crippen LogP contribution in [0.2, 0.25) is 0 Å². The quantitative estimate of drug-likeness (QED) is 0.411. The number of carbonyl (C=O) groups excluding carboxylic acids is 2. The highest BCUT2D eigenvalue weighted by molar-refractivity contribution is 5.99. The Balaban J connectivity index is 1.45. The summed E-state index contributed by atoms with van der Waals surface area (Å²) in [6.07, 6.45) is 2.36. The number of hydrogen-bond acceptors (Lipinski definition) is 5. The Morgan fingerprint density at radius 2 is 1.69 bits per heavy atom. The summed E-state index contributed by atoms with van der Waals surface area (Å²) in [7, 11) is 0. The van der Waals surface area contributed by atoms with Gasteiger partial charge in [-0.05, 0) is 47.9 Å². The van der Waals surface area contributed by atoms with Crippen LogP contribution in [0.1, 0.15) is 51.6 Å². The van der Waals surface area contributed by atoms with Crippen molar-refractivity contribution < 1.29 is 9.59 Å². The molecule has 0 spiro atoms. The molecule has 1 aliphatic rings. The number of aromatic nitrogens is 2. The van der Waals surface area contributed by atoms with E-state index in [2.05, 4.69) is 10.3 Å². The lowest BCUT2D eigenvalue weighted by Gasteiger charge is -2.15. The van der Waals surface area contributed by atoms with Crippen molar-refractivity contribution in [1.82, 2.24) is 15.3 Å². The standard InChI is InChI=1S/C23H23N5O4/c24-18-19(27-23(32)28-21(18)30)22(31)26-15-10-9-14(11-15)12-5-7-13(8-6-12)16-3-1-2-4-17(16)20(25)29/h1-8,14-15H,9-11,24H2,(H2,25,29)(H,26,31)(H2,27,28,30,32)/t14-,15+/m1/s1. The van der Waals surface area contributed by atoms with Crippen molar-refractivity contribution in [3.05, 3.63) is 86.2 Å². The Bertz CT molecular complexity index is 1290. The van der Waals surface area contributed by atoms with Gasteiger partial charge in [-0.2, -0.15) is 0 Å². The third kappa shape index (κ3) is 4.18. The number of hydrogen-bond donors (Lipinski definition) is 5. The van der Waals surface area contributed by atoms with Crippen LogP contribution >= 0.6 is 0 Å². The zero-order chi connectivity index (χ0) is 22.8. The predicted molar refractivity (Wildman–Crippen MR) is 120 cm³/mol. The van der Waals surface area contributed by atoms with Gasteiger partial charge in [0.05, 0.1) is 0 Å². The minimum absolute atomic E-state index is 0.107. The minimum atomic E-state index is -0.791. The molecule has 1 heterocycles. The first-order chi connectivity index (χ1) is 15.3. The van der Waals surface area contributed by atoms with E-state index in [-0.39, 0.29) is 23.3 Å².